The molecule has 1 N–H and O–H groups in total. The highest BCUT2D eigenvalue weighted by Crippen LogP contribution is 2.32. The van der Waals surface area contributed by atoms with Gasteiger partial charge in [-0.25, -0.2) is 4.98 Å². The van der Waals surface area contributed by atoms with Crippen LogP contribution in [-0.2, 0) is 0 Å². The summed E-state index contributed by atoms with van der Waals surface area (Å²) in [6.45, 7) is 7.31. The number of hydrogen-bond donors (Lipinski definition) is 1. The molecule has 0 unspecified atom stereocenters. The fourth-order valence-electron chi connectivity index (χ4n) is 3.90. The maximum atomic E-state index is 9.54. The van der Waals surface area contributed by atoms with Crippen LogP contribution in [0, 0.1) is 11.3 Å². The predicted octanol–water partition coefficient (Wildman–Crippen LogP) is 3.71. The second kappa shape index (κ2) is 10.5. The van der Waals surface area contributed by atoms with Crippen LogP contribution in [-0.4, -0.2) is 60.9 Å². The number of benzene rings is 2. The third-order valence-electron chi connectivity index (χ3n) is 5.58. The van der Waals surface area contributed by atoms with Crippen LogP contribution < -0.4 is 9.64 Å². The number of hydrogen-bond acceptors (Lipinski definition) is 6. The van der Waals surface area contributed by atoms with Crippen molar-refractivity contribution in [1.82, 2.24) is 9.88 Å². The summed E-state index contributed by atoms with van der Waals surface area (Å²) in [6.07, 6.45) is 0. The molecule has 6 nitrogen and oxygen atoms in total. The van der Waals surface area contributed by atoms with Gasteiger partial charge in [-0.1, -0.05) is 31.2 Å². The number of anilines is 1. The normalized spacial score (nSPS) is 14.2. The van der Waals surface area contributed by atoms with Crippen LogP contribution in [0.2, 0.25) is 0 Å². The van der Waals surface area contributed by atoms with Crippen LogP contribution in [0.25, 0.3) is 22.0 Å². The Balaban J connectivity index is 0.00000272. The molecular weight excluding hydrogens is 412 g/mol. The number of halogens is 1. The molecule has 1 fully saturated rings. The van der Waals surface area contributed by atoms with Gasteiger partial charge in [-0.2, -0.15) is 5.26 Å². The van der Waals surface area contributed by atoms with Gasteiger partial charge in [0.2, 0.25) is 0 Å². The van der Waals surface area contributed by atoms with Crippen LogP contribution in [0.1, 0.15) is 12.5 Å². The minimum absolute atomic E-state index is 0. The van der Waals surface area contributed by atoms with Crippen molar-refractivity contribution in [3.8, 4) is 23.1 Å². The van der Waals surface area contributed by atoms with E-state index >= 15 is 0 Å². The summed E-state index contributed by atoms with van der Waals surface area (Å²) in [5, 5.41) is 20.8. The minimum atomic E-state index is -0.0898. The van der Waals surface area contributed by atoms with Gasteiger partial charge in [0.25, 0.3) is 0 Å². The van der Waals surface area contributed by atoms with E-state index in [1.54, 1.807) is 6.07 Å². The summed E-state index contributed by atoms with van der Waals surface area (Å²) < 4.78 is 5.47. The third-order valence-corrected chi connectivity index (χ3v) is 5.58. The van der Waals surface area contributed by atoms with Crippen molar-refractivity contribution in [2.75, 3.05) is 50.8 Å². The molecule has 0 atom stereocenters. The first-order valence-electron chi connectivity index (χ1n) is 10.4. The van der Waals surface area contributed by atoms with E-state index in [4.69, 9.17) is 14.8 Å². The number of ether oxygens (including phenoxy) is 1. The number of pyridine rings is 1. The Morgan fingerprint density at radius 1 is 1.10 bits per heavy atom. The lowest BCUT2D eigenvalue weighted by Gasteiger charge is -2.35. The van der Waals surface area contributed by atoms with Crippen LogP contribution in [0.5, 0.6) is 5.75 Å². The molecule has 0 saturated carbocycles. The highest BCUT2D eigenvalue weighted by atomic mass is 35.5. The monoisotopic (exact) mass is 438 g/mol. The van der Waals surface area contributed by atoms with E-state index in [1.807, 2.05) is 18.2 Å². The van der Waals surface area contributed by atoms with Gasteiger partial charge in [-0.05, 0) is 36.2 Å². The third kappa shape index (κ3) is 4.91. The van der Waals surface area contributed by atoms with Crippen LogP contribution in [0.3, 0.4) is 0 Å². The lowest BCUT2D eigenvalue weighted by molar-refractivity contribution is 0.201. The van der Waals surface area contributed by atoms with Crippen molar-refractivity contribution >= 4 is 29.0 Å². The van der Waals surface area contributed by atoms with Gasteiger partial charge in [0.1, 0.15) is 24.2 Å². The molecule has 4 rings (SSSR count). The summed E-state index contributed by atoms with van der Waals surface area (Å²) in [6, 6.07) is 18.1. The number of aliphatic hydroxyl groups excluding tert-OH is 1. The Labute approximate surface area is 189 Å². The first-order valence-corrected chi connectivity index (χ1v) is 10.4. The largest absolute Gasteiger partial charge is 0.490 e. The molecule has 2 aromatic carbocycles. The molecule has 3 aromatic rings. The molecular formula is C24H27ClN4O2. The Kier molecular flexibility index (Phi) is 7.69. The maximum Gasteiger partial charge on any atom is 0.137 e. The minimum Gasteiger partial charge on any atom is -0.490 e. The van der Waals surface area contributed by atoms with E-state index in [1.165, 1.54) is 0 Å². The van der Waals surface area contributed by atoms with Crippen LogP contribution in [0.15, 0.2) is 48.5 Å². The summed E-state index contributed by atoms with van der Waals surface area (Å²) in [5.74, 6) is 1.48. The second-order valence-electron chi connectivity index (χ2n) is 7.37. The first-order chi connectivity index (χ1) is 14.7. The number of aromatic nitrogens is 1. The number of fused-ring (bicyclic) bond motifs is 1. The molecule has 1 aromatic heterocycles. The number of rotatable bonds is 6. The number of nitrogens with zero attached hydrogens (tertiary/aromatic N) is 4. The smallest absolute Gasteiger partial charge is 0.137 e. The molecule has 31 heavy (non-hydrogen) atoms. The van der Waals surface area contributed by atoms with Gasteiger partial charge in [0.05, 0.1) is 17.9 Å². The topological polar surface area (TPSA) is 72.6 Å². The average molecular weight is 439 g/mol. The fourth-order valence-corrected chi connectivity index (χ4v) is 3.90. The molecule has 1 aliphatic rings. The lowest BCUT2D eigenvalue weighted by Crippen LogP contribution is -2.46. The van der Waals surface area contributed by atoms with E-state index in [0.717, 1.165) is 60.6 Å². The van der Waals surface area contributed by atoms with Crippen molar-refractivity contribution < 1.29 is 9.84 Å². The van der Waals surface area contributed by atoms with Gasteiger partial charge in [0, 0.05) is 37.1 Å². The summed E-state index contributed by atoms with van der Waals surface area (Å²) in [7, 11) is 0. The van der Waals surface area contributed by atoms with Crippen molar-refractivity contribution in [3.05, 3.63) is 54.1 Å². The summed E-state index contributed by atoms with van der Waals surface area (Å²) in [5.41, 5.74) is 2.16. The average Bonchev–Trinajstić information content (AvgIpc) is 2.82. The second-order valence-corrected chi connectivity index (χ2v) is 7.37. The van der Waals surface area contributed by atoms with E-state index in [0.29, 0.717) is 11.3 Å². The molecule has 162 valence electrons. The lowest BCUT2D eigenvalue weighted by atomic mass is 10.0. The van der Waals surface area contributed by atoms with Crippen molar-refractivity contribution in [3.63, 3.8) is 0 Å². The molecule has 1 saturated heterocycles. The zero-order valence-corrected chi connectivity index (χ0v) is 18.4. The van der Waals surface area contributed by atoms with Gasteiger partial charge in [0.15, 0.2) is 0 Å². The van der Waals surface area contributed by atoms with Gasteiger partial charge < -0.3 is 19.6 Å². The Hall–Kier alpha value is -2.85. The molecule has 7 heteroatoms. The number of nitriles is 1. The van der Waals surface area contributed by atoms with Crippen LogP contribution in [0.4, 0.5) is 5.82 Å². The summed E-state index contributed by atoms with van der Waals surface area (Å²) in [4.78, 5) is 9.84. The molecule has 0 aliphatic carbocycles. The first kappa shape index (κ1) is 22.8. The zero-order chi connectivity index (χ0) is 20.9. The molecule has 0 amide bonds. The van der Waals surface area contributed by atoms with Gasteiger partial charge in [-0.3, -0.25) is 0 Å². The molecule has 2 heterocycles. The predicted molar refractivity (Wildman–Crippen MR) is 126 cm³/mol. The molecule has 1 aliphatic heterocycles. The zero-order valence-electron chi connectivity index (χ0n) is 17.6. The SMILES string of the molecule is CCN1CCN(c2nc(-c3ccc(OCCO)c(C#N)c3)cc3ccccc23)CC1.Cl. The fraction of sp³-hybridized carbons (Fsp3) is 0.333. The highest BCUT2D eigenvalue weighted by molar-refractivity contribution is 5.95. The number of piperazine rings is 1. The van der Waals surface area contributed by atoms with Gasteiger partial charge in [-0.15, -0.1) is 12.4 Å². The van der Waals surface area contributed by atoms with Crippen LogP contribution >= 0.6 is 12.4 Å². The van der Waals surface area contributed by atoms with E-state index in [-0.39, 0.29) is 25.6 Å². The highest BCUT2D eigenvalue weighted by Gasteiger charge is 2.20. The Morgan fingerprint density at radius 2 is 1.87 bits per heavy atom. The number of likely N-dealkylation sites (N-methyl/N-ethyl adjacent to an activating group) is 1. The van der Waals surface area contributed by atoms with Crippen molar-refractivity contribution in [2.45, 2.75) is 6.92 Å². The Morgan fingerprint density at radius 3 is 2.58 bits per heavy atom. The van der Waals surface area contributed by atoms with Gasteiger partial charge >= 0.3 is 0 Å². The number of aliphatic hydroxyl groups is 1. The molecule has 0 bridgehead atoms. The van der Waals surface area contributed by atoms with Crippen molar-refractivity contribution in [2.24, 2.45) is 0 Å². The molecule has 0 radical (unpaired) electrons. The van der Waals surface area contributed by atoms with Crippen molar-refractivity contribution in [1.29, 1.82) is 5.26 Å². The Bertz CT molecular complexity index is 1070. The standard InChI is InChI=1S/C24H26N4O2.ClH/c1-2-27-9-11-28(12-10-27)24-21-6-4-3-5-18(21)16-22(26-24)19-7-8-23(30-14-13-29)20(15-19)17-25;/h3-8,15-16,29H,2,9-14H2,1H3;1H. The summed E-state index contributed by atoms with van der Waals surface area (Å²) >= 11 is 0. The van der Waals surface area contributed by atoms with E-state index < -0.39 is 0 Å². The quantitative estimate of drug-likeness (QED) is 0.632. The molecule has 0 spiro atoms. The van der Waals surface area contributed by atoms with E-state index in [2.05, 4.69) is 47.1 Å². The van der Waals surface area contributed by atoms with E-state index in [9.17, 15) is 5.26 Å². The maximum absolute atomic E-state index is 9.54.